The lowest BCUT2D eigenvalue weighted by Gasteiger charge is -2.36. The van der Waals surface area contributed by atoms with Gasteiger partial charge in [0.1, 0.15) is 12.4 Å². The van der Waals surface area contributed by atoms with Crippen LogP contribution in [0.2, 0.25) is 0 Å². The molecule has 0 aromatic heterocycles. The van der Waals surface area contributed by atoms with Gasteiger partial charge in [0.2, 0.25) is 10.8 Å². The second kappa shape index (κ2) is 11.6. The number of amides is 2. The number of hydrogen-bond acceptors (Lipinski definition) is 7. The molecule has 3 aromatic rings. The van der Waals surface area contributed by atoms with E-state index >= 15 is 0 Å². The standard InChI is InChI=1S/C32H33N3O5S/c1-2-39-30(37)24-16-18-33(19-17-24)22-34-28-11-7-6-10-27(28)32(31(34)38)35(29(36)21-41-32)25-12-14-26(15-13-25)40-20-23-8-4-3-5-9-23/h3-15,24H,2,16-22H2,1H3. The molecule has 3 aliphatic heterocycles. The van der Waals surface area contributed by atoms with Crippen molar-refractivity contribution in [2.24, 2.45) is 5.92 Å². The van der Waals surface area contributed by atoms with Gasteiger partial charge in [-0.05, 0) is 55.7 Å². The van der Waals surface area contributed by atoms with E-state index in [9.17, 15) is 14.4 Å². The van der Waals surface area contributed by atoms with Crippen LogP contribution in [0, 0.1) is 5.92 Å². The Morgan fingerprint density at radius 3 is 2.39 bits per heavy atom. The Balaban J connectivity index is 1.22. The Kier molecular flexibility index (Phi) is 7.73. The molecular weight excluding hydrogens is 538 g/mol. The highest BCUT2D eigenvalue weighted by atomic mass is 32.2. The zero-order valence-corrected chi connectivity index (χ0v) is 23.8. The van der Waals surface area contributed by atoms with Crippen LogP contribution in [-0.4, -0.2) is 54.8 Å². The summed E-state index contributed by atoms with van der Waals surface area (Å²) in [5.74, 6) is 0.445. The van der Waals surface area contributed by atoms with Crippen LogP contribution in [0.4, 0.5) is 11.4 Å². The number of rotatable bonds is 8. The zero-order valence-electron chi connectivity index (χ0n) is 23.0. The van der Waals surface area contributed by atoms with Crippen molar-refractivity contribution < 1.29 is 23.9 Å². The van der Waals surface area contributed by atoms with Gasteiger partial charge in [0, 0.05) is 24.3 Å². The minimum atomic E-state index is -1.16. The number of piperidine rings is 1. The van der Waals surface area contributed by atoms with Crippen molar-refractivity contribution in [1.82, 2.24) is 4.90 Å². The molecule has 1 atom stereocenters. The molecule has 0 saturated carbocycles. The summed E-state index contributed by atoms with van der Waals surface area (Å²) in [7, 11) is 0. The van der Waals surface area contributed by atoms with E-state index in [1.54, 1.807) is 9.80 Å². The molecule has 8 nitrogen and oxygen atoms in total. The maximum absolute atomic E-state index is 14.4. The summed E-state index contributed by atoms with van der Waals surface area (Å²) in [5.41, 5.74) is 3.37. The fourth-order valence-corrected chi connectivity index (χ4v) is 7.26. The van der Waals surface area contributed by atoms with Gasteiger partial charge in [0.25, 0.3) is 5.91 Å². The topological polar surface area (TPSA) is 79.4 Å². The van der Waals surface area contributed by atoms with Crippen LogP contribution < -0.4 is 14.5 Å². The van der Waals surface area contributed by atoms with Crippen molar-refractivity contribution >= 4 is 40.9 Å². The molecule has 2 amide bonds. The maximum Gasteiger partial charge on any atom is 0.309 e. The molecule has 2 fully saturated rings. The number of carbonyl (C=O) groups excluding carboxylic acids is 3. The van der Waals surface area contributed by atoms with Gasteiger partial charge in [-0.3, -0.25) is 29.1 Å². The van der Waals surface area contributed by atoms with E-state index in [-0.39, 0.29) is 29.5 Å². The summed E-state index contributed by atoms with van der Waals surface area (Å²) in [4.78, 5) is 44.5. The summed E-state index contributed by atoms with van der Waals surface area (Å²) in [6.45, 7) is 4.45. The smallest absolute Gasteiger partial charge is 0.309 e. The Labute approximate surface area is 244 Å². The molecule has 2 saturated heterocycles. The summed E-state index contributed by atoms with van der Waals surface area (Å²) < 4.78 is 11.2. The van der Waals surface area contributed by atoms with E-state index in [0.717, 1.165) is 16.8 Å². The number of benzene rings is 3. The fraction of sp³-hybridized carbons (Fsp3) is 0.344. The highest BCUT2D eigenvalue weighted by Crippen LogP contribution is 2.55. The SMILES string of the molecule is CCOC(=O)C1CCN(CN2C(=O)C3(SCC(=O)N3c3ccc(OCc4ccccc4)cc3)c3ccccc32)CC1. The molecule has 0 aliphatic carbocycles. The van der Waals surface area contributed by atoms with E-state index in [0.29, 0.717) is 57.3 Å². The lowest BCUT2D eigenvalue weighted by atomic mass is 9.97. The van der Waals surface area contributed by atoms with Crippen LogP contribution in [0.1, 0.15) is 30.9 Å². The normalized spacial score (nSPS) is 21.0. The predicted molar refractivity (Wildman–Crippen MR) is 159 cm³/mol. The number of thioether (sulfide) groups is 1. The van der Waals surface area contributed by atoms with Crippen LogP contribution in [-0.2, 0) is 30.6 Å². The molecule has 212 valence electrons. The minimum Gasteiger partial charge on any atom is -0.489 e. The largest absolute Gasteiger partial charge is 0.489 e. The highest BCUT2D eigenvalue weighted by molar-refractivity contribution is 8.02. The molecule has 3 aromatic carbocycles. The monoisotopic (exact) mass is 571 g/mol. The number of ether oxygens (including phenoxy) is 2. The Morgan fingerprint density at radius 1 is 0.951 bits per heavy atom. The van der Waals surface area contributed by atoms with Crippen LogP contribution >= 0.6 is 11.8 Å². The summed E-state index contributed by atoms with van der Waals surface area (Å²) in [5, 5.41) is 0. The van der Waals surface area contributed by atoms with Crippen LogP contribution in [0.15, 0.2) is 78.9 Å². The van der Waals surface area contributed by atoms with Crippen molar-refractivity contribution in [2.45, 2.75) is 31.2 Å². The van der Waals surface area contributed by atoms with Crippen molar-refractivity contribution in [3.8, 4) is 5.75 Å². The predicted octanol–water partition coefficient (Wildman–Crippen LogP) is 4.78. The molecule has 9 heteroatoms. The van der Waals surface area contributed by atoms with E-state index in [1.165, 1.54) is 11.8 Å². The number of carbonyl (C=O) groups is 3. The summed E-state index contributed by atoms with van der Waals surface area (Å²) >= 11 is 1.38. The van der Waals surface area contributed by atoms with Gasteiger partial charge in [-0.2, -0.15) is 0 Å². The van der Waals surface area contributed by atoms with E-state index in [2.05, 4.69) is 4.90 Å². The molecule has 0 radical (unpaired) electrons. The molecular formula is C32H33N3O5S. The quantitative estimate of drug-likeness (QED) is 0.360. The molecule has 3 heterocycles. The molecule has 41 heavy (non-hydrogen) atoms. The van der Waals surface area contributed by atoms with Crippen LogP contribution in [0.25, 0.3) is 0 Å². The van der Waals surface area contributed by atoms with Crippen molar-refractivity contribution in [3.63, 3.8) is 0 Å². The molecule has 0 bridgehead atoms. The van der Waals surface area contributed by atoms with Gasteiger partial charge in [-0.15, -0.1) is 11.8 Å². The first-order chi connectivity index (χ1) is 20.0. The second-order valence-electron chi connectivity index (χ2n) is 10.5. The lowest BCUT2D eigenvalue weighted by Crippen LogP contribution is -2.52. The average molecular weight is 572 g/mol. The summed E-state index contributed by atoms with van der Waals surface area (Å²) in [6.07, 6.45) is 1.40. The van der Waals surface area contributed by atoms with E-state index < -0.39 is 4.87 Å². The summed E-state index contributed by atoms with van der Waals surface area (Å²) in [6, 6.07) is 25.1. The van der Waals surface area contributed by atoms with Crippen molar-refractivity contribution in [2.75, 3.05) is 41.9 Å². The van der Waals surface area contributed by atoms with Gasteiger partial charge in [-0.25, -0.2) is 0 Å². The van der Waals surface area contributed by atoms with Gasteiger partial charge < -0.3 is 9.47 Å². The Bertz CT molecular complexity index is 1420. The Hall–Kier alpha value is -3.82. The Morgan fingerprint density at radius 2 is 1.66 bits per heavy atom. The third-order valence-corrected chi connectivity index (χ3v) is 9.34. The average Bonchev–Trinajstić information content (AvgIpc) is 3.47. The van der Waals surface area contributed by atoms with Crippen LogP contribution in [0.5, 0.6) is 5.75 Å². The highest BCUT2D eigenvalue weighted by Gasteiger charge is 2.61. The first-order valence-electron chi connectivity index (χ1n) is 14.1. The second-order valence-corrected chi connectivity index (χ2v) is 11.6. The number of nitrogens with zero attached hydrogens (tertiary/aromatic N) is 3. The molecule has 3 aliphatic rings. The van der Waals surface area contributed by atoms with Gasteiger partial charge >= 0.3 is 5.97 Å². The maximum atomic E-state index is 14.4. The molecule has 1 spiro atoms. The van der Waals surface area contributed by atoms with Gasteiger partial charge in [-0.1, -0.05) is 48.5 Å². The number of hydrogen-bond donors (Lipinski definition) is 0. The number of para-hydroxylation sites is 1. The van der Waals surface area contributed by atoms with Crippen molar-refractivity contribution in [1.29, 1.82) is 0 Å². The van der Waals surface area contributed by atoms with Gasteiger partial charge in [0.15, 0.2) is 0 Å². The molecule has 6 rings (SSSR count). The third-order valence-electron chi connectivity index (χ3n) is 7.96. The first kappa shape index (κ1) is 27.4. The van der Waals surface area contributed by atoms with E-state index in [1.807, 2.05) is 85.8 Å². The fourth-order valence-electron chi connectivity index (χ4n) is 5.90. The lowest BCUT2D eigenvalue weighted by molar-refractivity contribution is -0.149. The molecule has 0 N–H and O–H groups in total. The molecule has 1 unspecified atom stereocenters. The number of likely N-dealkylation sites (tertiary alicyclic amines) is 1. The van der Waals surface area contributed by atoms with E-state index in [4.69, 9.17) is 9.47 Å². The minimum absolute atomic E-state index is 0.0998. The van der Waals surface area contributed by atoms with Crippen LogP contribution in [0.3, 0.4) is 0 Å². The zero-order chi connectivity index (χ0) is 28.4. The number of fused-ring (bicyclic) bond motifs is 2. The third kappa shape index (κ3) is 5.08. The number of esters is 1. The van der Waals surface area contributed by atoms with Gasteiger partial charge in [0.05, 0.1) is 30.6 Å². The number of anilines is 2. The van der Waals surface area contributed by atoms with Crippen molar-refractivity contribution in [3.05, 3.63) is 90.0 Å². The first-order valence-corrected chi connectivity index (χ1v) is 15.0.